The number of halogens is 1. The van der Waals surface area contributed by atoms with E-state index in [4.69, 9.17) is 5.73 Å². The average Bonchev–Trinajstić information content (AvgIpc) is 2.14. The molecule has 1 heterocycles. The molecule has 1 atom stereocenters. The molecule has 0 fully saturated rings. The molecule has 1 aliphatic heterocycles. The predicted molar refractivity (Wildman–Crippen MR) is 59.7 cm³/mol. The van der Waals surface area contributed by atoms with E-state index < -0.39 is 6.04 Å². The maximum atomic E-state index is 11.7. The summed E-state index contributed by atoms with van der Waals surface area (Å²) in [5.41, 5.74) is 7.38. The molecule has 1 aromatic carbocycles. The monoisotopic (exact) mass is 254 g/mol. The first-order chi connectivity index (χ1) is 6.61. The Morgan fingerprint density at radius 3 is 3.00 bits per heavy atom. The molecule has 0 radical (unpaired) electrons. The highest BCUT2D eigenvalue weighted by molar-refractivity contribution is 9.10. The summed E-state index contributed by atoms with van der Waals surface area (Å²) in [5, 5.41) is 0. The molecule has 0 aliphatic carbocycles. The number of nitrogens with two attached hydrogens (primary N) is 1. The van der Waals surface area contributed by atoms with Gasteiger partial charge < -0.3 is 10.6 Å². The fraction of sp³-hybridized carbons (Fsp3) is 0.300. The van der Waals surface area contributed by atoms with Crippen LogP contribution in [0.2, 0.25) is 0 Å². The van der Waals surface area contributed by atoms with Crippen molar-refractivity contribution in [1.82, 2.24) is 0 Å². The van der Waals surface area contributed by atoms with Crippen molar-refractivity contribution in [3.63, 3.8) is 0 Å². The van der Waals surface area contributed by atoms with Crippen molar-refractivity contribution in [2.75, 3.05) is 18.5 Å². The van der Waals surface area contributed by atoms with Gasteiger partial charge in [0.15, 0.2) is 5.78 Å². The molecule has 1 unspecified atom stereocenters. The van der Waals surface area contributed by atoms with Crippen molar-refractivity contribution in [1.29, 1.82) is 0 Å². The molecule has 2 N–H and O–H groups in total. The van der Waals surface area contributed by atoms with Crippen LogP contribution in [0.1, 0.15) is 10.4 Å². The van der Waals surface area contributed by atoms with Crippen molar-refractivity contribution in [2.45, 2.75) is 6.04 Å². The number of para-hydroxylation sites is 1. The van der Waals surface area contributed by atoms with Crippen LogP contribution in [0.15, 0.2) is 22.7 Å². The summed E-state index contributed by atoms with van der Waals surface area (Å²) in [6, 6.07) is 5.20. The lowest BCUT2D eigenvalue weighted by Crippen LogP contribution is -2.46. The van der Waals surface area contributed by atoms with E-state index in [1.807, 2.05) is 30.1 Å². The first-order valence-electron chi connectivity index (χ1n) is 4.40. The van der Waals surface area contributed by atoms with Crippen LogP contribution in [-0.4, -0.2) is 25.4 Å². The number of fused-ring (bicyclic) bond motifs is 1. The molecule has 0 spiro atoms. The Hall–Kier alpha value is -0.870. The molecular formula is C10H11BrN2O. The topological polar surface area (TPSA) is 46.3 Å². The van der Waals surface area contributed by atoms with Crippen LogP contribution in [0, 0.1) is 0 Å². The summed E-state index contributed by atoms with van der Waals surface area (Å²) in [5.74, 6) is 0.0272. The van der Waals surface area contributed by atoms with Crippen LogP contribution in [0.5, 0.6) is 0 Å². The second-order valence-corrected chi connectivity index (χ2v) is 4.34. The third-order valence-corrected chi connectivity index (χ3v) is 3.08. The summed E-state index contributed by atoms with van der Waals surface area (Å²) in [7, 11) is 1.94. The number of ketones is 1. The summed E-state index contributed by atoms with van der Waals surface area (Å²) in [6.07, 6.45) is 0. The second kappa shape index (κ2) is 3.37. The number of benzene rings is 1. The van der Waals surface area contributed by atoms with E-state index in [0.29, 0.717) is 12.1 Å². The number of hydrogen-bond donors (Lipinski definition) is 1. The lowest BCUT2D eigenvalue weighted by molar-refractivity contribution is 0.0958. The van der Waals surface area contributed by atoms with Gasteiger partial charge in [-0.15, -0.1) is 0 Å². The van der Waals surface area contributed by atoms with Gasteiger partial charge in [0.1, 0.15) is 0 Å². The number of carbonyl (C=O) groups is 1. The number of nitrogens with zero attached hydrogens (tertiary/aromatic N) is 1. The van der Waals surface area contributed by atoms with Gasteiger partial charge in [0, 0.05) is 23.6 Å². The molecule has 14 heavy (non-hydrogen) atoms. The van der Waals surface area contributed by atoms with E-state index in [1.165, 1.54) is 0 Å². The predicted octanol–water partition coefficient (Wildman–Crippen LogP) is 1.41. The van der Waals surface area contributed by atoms with Crippen LogP contribution < -0.4 is 10.6 Å². The number of hydrogen-bond acceptors (Lipinski definition) is 3. The first-order valence-corrected chi connectivity index (χ1v) is 5.20. The highest BCUT2D eigenvalue weighted by atomic mass is 79.9. The zero-order valence-corrected chi connectivity index (χ0v) is 9.41. The van der Waals surface area contributed by atoms with E-state index in [-0.39, 0.29) is 5.78 Å². The van der Waals surface area contributed by atoms with Gasteiger partial charge in [0.2, 0.25) is 0 Å². The first kappa shape index (κ1) is 9.68. The third-order valence-electron chi connectivity index (χ3n) is 2.44. The smallest absolute Gasteiger partial charge is 0.183 e. The largest absolute Gasteiger partial charge is 0.371 e. The van der Waals surface area contributed by atoms with Gasteiger partial charge in [-0.2, -0.15) is 0 Å². The zero-order chi connectivity index (χ0) is 10.3. The van der Waals surface area contributed by atoms with Gasteiger partial charge in [-0.1, -0.05) is 6.07 Å². The molecule has 0 aromatic heterocycles. The third kappa shape index (κ3) is 1.35. The van der Waals surface area contributed by atoms with Gasteiger partial charge in [0.25, 0.3) is 0 Å². The molecule has 4 heteroatoms. The minimum Gasteiger partial charge on any atom is -0.371 e. The van der Waals surface area contributed by atoms with Crippen molar-refractivity contribution < 1.29 is 4.79 Å². The van der Waals surface area contributed by atoms with Crippen LogP contribution in [-0.2, 0) is 0 Å². The molecule has 3 nitrogen and oxygen atoms in total. The van der Waals surface area contributed by atoms with Crippen molar-refractivity contribution >= 4 is 27.4 Å². The van der Waals surface area contributed by atoms with Crippen LogP contribution in [0.4, 0.5) is 5.69 Å². The molecule has 0 saturated carbocycles. The Bertz CT molecular complexity index is 392. The summed E-state index contributed by atoms with van der Waals surface area (Å²) in [6.45, 7) is 0.578. The molecule has 1 aromatic rings. The Balaban J connectivity index is 2.61. The van der Waals surface area contributed by atoms with Crippen LogP contribution in [0.3, 0.4) is 0 Å². The Morgan fingerprint density at radius 1 is 1.57 bits per heavy atom. The normalized spacial score (nSPS) is 20.9. The number of Topliss-reactive ketones (excluding diaryl/α,β-unsaturated/α-hetero) is 1. The minimum absolute atomic E-state index is 0.0272. The highest BCUT2D eigenvalue weighted by Gasteiger charge is 2.28. The lowest BCUT2D eigenvalue weighted by Gasteiger charge is -2.31. The van der Waals surface area contributed by atoms with Crippen LogP contribution in [0.25, 0.3) is 0 Å². The second-order valence-electron chi connectivity index (χ2n) is 3.49. The van der Waals surface area contributed by atoms with Gasteiger partial charge in [-0.3, -0.25) is 4.79 Å². The molecule has 0 amide bonds. The molecule has 2 rings (SSSR count). The van der Waals surface area contributed by atoms with Gasteiger partial charge >= 0.3 is 0 Å². The van der Waals surface area contributed by atoms with Crippen molar-refractivity contribution in [3.8, 4) is 0 Å². The maximum absolute atomic E-state index is 11.7. The quantitative estimate of drug-likeness (QED) is 0.762. The fourth-order valence-corrected chi connectivity index (χ4v) is 2.44. The number of carbonyl (C=O) groups excluding carboxylic acids is 1. The molecule has 0 bridgehead atoms. The Labute approximate surface area is 91.0 Å². The highest BCUT2D eigenvalue weighted by Crippen LogP contribution is 2.32. The van der Waals surface area contributed by atoms with Crippen molar-refractivity contribution in [2.24, 2.45) is 5.73 Å². The standard InChI is InChI=1S/C10H11BrN2O/c1-13-5-8(12)10(14)6-3-2-4-7(11)9(6)13/h2-4,8H,5,12H2,1H3. The zero-order valence-electron chi connectivity index (χ0n) is 7.83. The van der Waals surface area contributed by atoms with Crippen LogP contribution >= 0.6 is 15.9 Å². The van der Waals surface area contributed by atoms with E-state index in [2.05, 4.69) is 15.9 Å². The van der Waals surface area contributed by atoms with Gasteiger partial charge in [-0.25, -0.2) is 0 Å². The Morgan fingerprint density at radius 2 is 2.29 bits per heavy atom. The summed E-state index contributed by atoms with van der Waals surface area (Å²) in [4.78, 5) is 13.7. The van der Waals surface area contributed by atoms with E-state index in [9.17, 15) is 4.79 Å². The molecule has 1 aliphatic rings. The van der Waals surface area contributed by atoms with Gasteiger partial charge in [0.05, 0.1) is 11.7 Å². The van der Waals surface area contributed by atoms with Crippen molar-refractivity contribution in [3.05, 3.63) is 28.2 Å². The average molecular weight is 255 g/mol. The summed E-state index contributed by atoms with van der Waals surface area (Å²) >= 11 is 3.44. The number of likely N-dealkylation sites (N-methyl/N-ethyl adjacent to an activating group) is 1. The fourth-order valence-electron chi connectivity index (χ4n) is 1.77. The Kier molecular flexibility index (Phi) is 2.33. The molecule has 74 valence electrons. The molecule has 0 saturated heterocycles. The summed E-state index contributed by atoms with van der Waals surface area (Å²) < 4.78 is 0.942. The minimum atomic E-state index is -0.401. The van der Waals surface area contributed by atoms with Gasteiger partial charge in [-0.05, 0) is 28.1 Å². The van der Waals surface area contributed by atoms with E-state index in [0.717, 1.165) is 10.2 Å². The molecular weight excluding hydrogens is 244 g/mol. The number of anilines is 1. The maximum Gasteiger partial charge on any atom is 0.183 e. The number of rotatable bonds is 0. The van der Waals surface area contributed by atoms with E-state index >= 15 is 0 Å². The van der Waals surface area contributed by atoms with E-state index in [1.54, 1.807) is 0 Å². The SMILES string of the molecule is CN1CC(N)C(=O)c2cccc(Br)c21. The lowest BCUT2D eigenvalue weighted by atomic mass is 9.97.